The minimum atomic E-state index is 0.0202. The van der Waals surface area contributed by atoms with E-state index in [4.69, 9.17) is 0 Å². The number of rotatable bonds is 10. The van der Waals surface area contributed by atoms with Gasteiger partial charge >= 0.3 is 6.03 Å². The molecule has 1 saturated heterocycles. The summed E-state index contributed by atoms with van der Waals surface area (Å²) in [4.78, 5) is 21.5. The fraction of sp³-hybridized carbons (Fsp3) is 0.538. The molecule has 7 heteroatoms. The average Bonchev–Trinajstić information content (AvgIpc) is 3.56. The van der Waals surface area contributed by atoms with Crippen molar-refractivity contribution in [3.05, 3.63) is 60.8 Å². The van der Waals surface area contributed by atoms with Gasteiger partial charge in [0, 0.05) is 41.7 Å². The van der Waals surface area contributed by atoms with Crippen LogP contribution < -0.4 is 4.72 Å². The number of anilines is 1. The molecule has 1 aliphatic carbocycles. The molecule has 0 radical (unpaired) electrons. The second-order valence-corrected chi connectivity index (χ2v) is 10.4. The summed E-state index contributed by atoms with van der Waals surface area (Å²) < 4.78 is 3.32. The molecule has 0 spiro atoms. The summed E-state index contributed by atoms with van der Waals surface area (Å²) in [6, 6.07) is 0.385. The number of thiazole rings is 1. The first-order valence-electron chi connectivity index (χ1n) is 11.9. The second kappa shape index (κ2) is 13.0. The fourth-order valence-corrected chi connectivity index (χ4v) is 5.98. The number of urea groups is 1. The average molecular weight is 489 g/mol. The predicted molar refractivity (Wildman–Crippen MR) is 145 cm³/mol. The highest BCUT2D eigenvalue weighted by atomic mass is 32.2. The van der Waals surface area contributed by atoms with Gasteiger partial charge in [0.25, 0.3) is 0 Å². The van der Waals surface area contributed by atoms with Crippen molar-refractivity contribution >= 4 is 34.4 Å². The van der Waals surface area contributed by atoms with Crippen LogP contribution in [0.4, 0.5) is 9.93 Å². The summed E-state index contributed by atoms with van der Waals surface area (Å²) in [6.07, 6.45) is 15.1. The molecule has 2 heterocycles. The summed E-state index contributed by atoms with van der Waals surface area (Å²) in [5, 5.41) is 3.14. The molecule has 0 bridgehead atoms. The lowest BCUT2D eigenvalue weighted by molar-refractivity contribution is 0.181. The Morgan fingerprint density at radius 2 is 2.18 bits per heavy atom. The Morgan fingerprint density at radius 3 is 2.76 bits per heavy atom. The zero-order valence-corrected chi connectivity index (χ0v) is 22.4. The largest absolute Gasteiger partial charge is 0.324 e. The van der Waals surface area contributed by atoms with Crippen LogP contribution in [-0.2, 0) is 0 Å². The zero-order chi connectivity index (χ0) is 24.4. The molecule has 5 nitrogen and oxygen atoms in total. The van der Waals surface area contributed by atoms with E-state index in [1.807, 2.05) is 50.1 Å². The Labute approximate surface area is 208 Å². The van der Waals surface area contributed by atoms with Gasteiger partial charge in [-0.1, -0.05) is 51.2 Å². The van der Waals surface area contributed by atoms with Gasteiger partial charge in [-0.15, -0.1) is 24.5 Å². The molecule has 1 aromatic heterocycles. The van der Waals surface area contributed by atoms with Crippen molar-refractivity contribution in [3.63, 3.8) is 0 Å². The van der Waals surface area contributed by atoms with E-state index in [0.29, 0.717) is 5.92 Å². The van der Waals surface area contributed by atoms with E-state index >= 15 is 0 Å². The molecule has 2 aliphatic rings. The second-order valence-electron chi connectivity index (χ2n) is 8.48. The number of hydrogen-bond acceptors (Lipinski definition) is 5. The topological polar surface area (TPSA) is 48.5 Å². The van der Waals surface area contributed by atoms with Crippen LogP contribution in [0.25, 0.3) is 0 Å². The highest BCUT2D eigenvalue weighted by Gasteiger charge is 2.45. The van der Waals surface area contributed by atoms with Crippen LogP contribution in [0.5, 0.6) is 0 Å². The van der Waals surface area contributed by atoms with Gasteiger partial charge in [0.1, 0.15) is 0 Å². The molecule has 4 unspecified atom stereocenters. The van der Waals surface area contributed by atoms with E-state index in [9.17, 15) is 4.79 Å². The maximum absolute atomic E-state index is 13.2. The van der Waals surface area contributed by atoms with E-state index < -0.39 is 0 Å². The summed E-state index contributed by atoms with van der Waals surface area (Å²) in [6.45, 7) is 19.9. The smallest absolute Gasteiger partial charge is 0.320 e. The molecule has 0 aromatic carbocycles. The monoisotopic (exact) mass is 488 g/mol. The number of nitrogens with zero attached hydrogens (tertiary/aromatic N) is 3. The van der Waals surface area contributed by atoms with E-state index in [1.165, 1.54) is 0 Å². The molecule has 2 amide bonds. The van der Waals surface area contributed by atoms with Crippen LogP contribution in [0.2, 0.25) is 0 Å². The first-order chi connectivity index (χ1) is 15.9. The van der Waals surface area contributed by atoms with Crippen molar-refractivity contribution in [2.75, 3.05) is 17.8 Å². The van der Waals surface area contributed by atoms with Crippen LogP contribution in [-0.4, -0.2) is 45.2 Å². The van der Waals surface area contributed by atoms with Crippen LogP contribution in [0.15, 0.2) is 60.8 Å². The Hall–Kier alpha value is -1.99. The number of amides is 2. The number of carbonyl (C=O) groups is 1. The van der Waals surface area contributed by atoms with E-state index in [2.05, 4.69) is 52.9 Å². The molecule has 182 valence electrons. The zero-order valence-electron chi connectivity index (χ0n) is 20.8. The molecule has 3 rings (SSSR count). The third kappa shape index (κ3) is 6.76. The quantitative estimate of drug-likeness (QED) is 0.276. The molecule has 33 heavy (non-hydrogen) atoms. The molecule has 1 N–H and O–H groups in total. The van der Waals surface area contributed by atoms with Gasteiger partial charge in [0.15, 0.2) is 5.13 Å². The predicted octanol–water partition coefficient (Wildman–Crippen LogP) is 7.36. The van der Waals surface area contributed by atoms with E-state index in [-0.39, 0.29) is 22.7 Å². The van der Waals surface area contributed by atoms with Gasteiger partial charge in [-0.05, 0) is 56.4 Å². The first kappa shape index (κ1) is 27.3. The molecular formula is C26H40N4OS2. The van der Waals surface area contributed by atoms with Crippen LogP contribution in [0, 0.1) is 11.3 Å². The van der Waals surface area contributed by atoms with Gasteiger partial charge in [-0.2, -0.15) is 0 Å². The highest BCUT2D eigenvalue weighted by Crippen LogP contribution is 2.47. The van der Waals surface area contributed by atoms with Crippen molar-refractivity contribution in [2.24, 2.45) is 11.3 Å². The van der Waals surface area contributed by atoms with Crippen molar-refractivity contribution in [1.82, 2.24) is 14.8 Å². The molecule has 1 aromatic rings. The highest BCUT2D eigenvalue weighted by molar-refractivity contribution is 8.01. The summed E-state index contributed by atoms with van der Waals surface area (Å²) >= 11 is 3.24. The Balaban J connectivity index is 0.00000187. The van der Waals surface area contributed by atoms with Gasteiger partial charge < -0.3 is 9.62 Å². The molecular weight excluding hydrogens is 448 g/mol. The maximum atomic E-state index is 13.2. The standard InChI is InChI=1S/C24H34N4OS2.C2H6/c1-6-9-21(31-26-22-25-12-15-30-22)11-10-18(4)27-13-14-28(23(27)29)20-16-19(7-2)24(5,8-3)17-20;1-2/h6-10,12,15,19-21H,2-3,11,13-14,16-17H2,1,4-5H3,(H,25,26);1-2H3/b9-6-,18-10+;. The van der Waals surface area contributed by atoms with Gasteiger partial charge in [-0.3, -0.25) is 4.90 Å². The van der Waals surface area contributed by atoms with Gasteiger partial charge in [-0.25, -0.2) is 9.78 Å². The van der Waals surface area contributed by atoms with Gasteiger partial charge in [0.2, 0.25) is 0 Å². The van der Waals surface area contributed by atoms with E-state index in [0.717, 1.165) is 43.2 Å². The summed E-state index contributed by atoms with van der Waals surface area (Å²) in [5.74, 6) is 0.373. The summed E-state index contributed by atoms with van der Waals surface area (Å²) in [5.41, 5.74) is 1.05. The summed E-state index contributed by atoms with van der Waals surface area (Å²) in [7, 11) is 0. The lowest BCUT2D eigenvalue weighted by Gasteiger charge is -2.27. The Bertz CT molecular complexity index is 835. The number of allylic oxidation sites excluding steroid dienone is 5. The van der Waals surface area contributed by atoms with Crippen LogP contribution in [0.1, 0.15) is 53.9 Å². The maximum Gasteiger partial charge on any atom is 0.324 e. The number of nitrogens with one attached hydrogen (secondary N) is 1. The third-order valence-electron chi connectivity index (χ3n) is 6.49. The molecule has 1 aliphatic heterocycles. The Morgan fingerprint density at radius 1 is 1.42 bits per heavy atom. The lowest BCUT2D eigenvalue weighted by Crippen LogP contribution is -2.38. The van der Waals surface area contributed by atoms with Crippen LogP contribution in [0.3, 0.4) is 0 Å². The van der Waals surface area contributed by atoms with Crippen molar-refractivity contribution in [3.8, 4) is 0 Å². The van der Waals surface area contributed by atoms with Gasteiger partial charge in [0.05, 0.1) is 0 Å². The van der Waals surface area contributed by atoms with Crippen molar-refractivity contribution < 1.29 is 4.79 Å². The third-order valence-corrected chi connectivity index (χ3v) is 8.27. The van der Waals surface area contributed by atoms with Crippen molar-refractivity contribution in [1.29, 1.82) is 0 Å². The van der Waals surface area contributed by atoms with Crippen molar-refractivity contribution in [2.45, 2.75) is 65.2 Å². The Kier molecular flexibility index (Phi) is 10.8. The minimum Gasteiger partial charge on any atom is -0.320 e. The number of hydrogen-bond donors (Lipinski definition) is 1. The number of aromatic nitrogens is 1. The fourth-order valence-electron chi connectivity index (χ4n) is 4.54. The molecule has 4 atom stereocenters. The number of carbonyl (C=O) groups excluding carboxylic acids is 1. The van der Waals surface area contributed by atoms with E-state index in [1.54, 1.807) is 29.5 Å². The minimum absolute atomic E-state index is 0.0202. The SMILES string of the molecule is C=CC1CC(N2CCN(/C(C)=C/CC(/C=C\C)SNc3nccs3)C2=O)CC1(C)C=C.CC. The molecule has 1 saturated carbocycles. The van der Waals surface area contributed by atoms with Crippen LogP contribution >= 0.6 is 23.3 Å². The normalized spacial score (nSPS) is 26.3. The lowest BCUT2D eigenvalue weighted by atomic mass is 9.80. The molecule has 2 fully saturated rings. The first-order valence-corrected chi connectivity index (χ1v) is 13.6.